The van der Waals surface area contributed by atoms with E-state index < -0.39 is 18.5 Å². The van der Waals surface area contributed by atoms with E-state index in [-0.39, 0.29) is 11.3 Å². The summed E-state index contributed by atoms with van der Waals surface area (Å²) in [6, 6.07) is 10.3. The molecular formula is C19H21NO6S. The van der Waals surface area contributed by atoms with Crippen molar-refractivity contribution in [3.8, 4) is 17.2 Å². The van der Waals surface area contributed by atoms with Gasteiger partial charge < -0.3 is 24.3 Å². The van der Waals surface area contributed by atoms with Crippen molar-refractivity contribution in [3.05, 3.63) is 42.0 Å². The van der Waals surface area contributed by atoms with Crippen LogP contribution in [0, 0.1) is 0 Å². The first-order valence-corrected chi connectivity index (χ1v) is 9.15. The fraction of sp³-hybridized carbons (Fsp3) is 0.263. The number of thioether (sulfide) groups is 1. The summed E-state index contributed by atoms with van der Waals surface area (Å²) in [6.45, 7) is -0.430. The molecule has 0 heterocycles. The molecule has 0 bridgehead atoms. The van der Waals surface area contributed by atoms with Crippen molar-refractivity contribution in [2.75, 3.05) is 39.5 Å². The standard InChI is InChI=1S/C19H21NO6S/c1-23-15-10-17(25-3)16(24-2)9-14(15)19(22)26-11-18(21)20-12-5-7-13(27-4)8-6-12/h5-10H,11H2,1-4H3,(H,20,21). The molecule has 0 aliphatic carbocycles. The Hall–Kier alpha value is -2.87. The van der Waals surface area contributed by atoms with Crippen LogP contribution in [0.4, 0.5) is 5.69 Å². The summed E-state index contributed by atoms with van der Waals surface area (Å²) in [5.41, 5.74) is 0.754. The Morgan fingerprint density at radius 2 is 1.52 bits per heavy atom. The Bertz CT molecular complexity index is 807. The van der Waals surface area contributed by atoms with E-state index in [4.69, 9.17) is 18.9 Å². The highest BCUT2D eigenvalue weighted by Crippen LogP contribution is 2.34. The maximum atomic E-state index is 12.4. The number of carbonyl (C=O) groups excluding carboxylic acids is 2. The Balaban J connectivity index is 2.02. The van der Waals surface area contributed by atoms with Gasteiger partial charge in [0.1, 0.15) is 11.3 Å². The number of methoxy groups -OCH3 is 3. The normalized spacial score (nSPS) is 10.1. The van der Waals surface area contributed by atoms with Crippen molar-refractivity contribution >= 4 is 29.3 Å². The van der Waals surface area contributed by atoms with Crippen molar-refractivity contribution in [1.82, 2.24) is 0 Å². The van der Waals surface area contributed by atoms with Gasteiger partial charge >= 0.3 is 5.97 Å². The second kappa shape index (κ2) is 9.72. The van der Waals surface area contributed by atoms with E-state index in [9.17, 15) is 9.59 Å². The molecule has 144 valence electrons. The van der Waals surface area contributed by atoms with Crippen molar-refractivity contribution in [3.63, 3.8) is 0 Å². The van der Waals surface area contributed by atoms with Crippen LogP contribution in [-0.4, -0.2) is 46.1 Å². The maximum absolute atomic E-state index is 12.4. The van der Waals surface area contributed by atoms with Crippen LogP contribution in [0.15, 0.2) is 41.3 Å². The van der Waals surface area contributed by atoms with Gasteiger partial charge in [-0.15, -0.1) is 11.8 Å². The monoisotopic (exact) mass is 391 g/mol. The van der Waals surface area contributed by atoms with Gasteiger partial charge in [-0.2, -0.15) is 0 Å². The summed E-state index contributed by atoms with van der Waals surface area (Å²) in [5, 5.41) is 2.67. The van der Waals surface area contributed by atoms with E-state index in [1.165, 1.54) is 33.5 Å². The summed E-state index contributed by atoms with van der Waals surface area (Å²) in [6.07, 6.45) is 1.97. The van der Waals surface area contributed by atoms with Crippen LogP contribution in [-0.2, 0) is 9.53 Å². The van der Waals surface area contributed by atoms with Crippen LogP contribution in [0.5, 0.6) is 17.2 Å². The van der Waals surface area contributed by atoms with Crippen LogP contribution in [0.25, 0.3) is 0 Å². The summed E-state index contributed by atoms with van der Waals surface area (Å²) in [4.78, 5) is 25.4. The highest BCUT2D eigenvalue weighted by molar-refractivity contribution is 7.98. The highest BCUT2D eigenvalue weighted by Gasteiger charge is 2.20. The Labute approximate surface area is 161 Å². The van der Waals surface area contributed by atoms with Gasteiger partial charge in [-0.1, -0.05) is 0 Å². The highest BCUT2D eigenvalue weighted by atomic mass is 32.2. The number of nitrogens with one attached hydrogen (secondary N) is 1. The topological polar surface area (TPSA) is 83.1 Å². The number of benzene rings is 2. The van der Waals surface area contributed by atoms with E-state index in [1.807, 2.05) is 18.4 Å². The van der Waals surface area contributed by atoms with Gasteiger partial charge in [-0.25, -0.2) is 4.79 Å². The molecule has 0 aromatic heterocycles. The zero-order valence-electron chi connectivity index (χ0n) is 15.5. The number of hydrogen-bond donors (Lipinski definition) is 1. The molecule has 0 saturated heterocycles. The van der Waals surface area contributed by atoms with Gasteiger partial charge in [0, 0.05) is 22.7 Å². The molecule has 0 unspecified atom stereocenters. The lowest BCUT2D eigenvalue weighted by molar-refractivity contribution is -0.119. The first-order valence-electron chi connectivity index (χ1n) is 7.93. The molecule has 0 radical (unpaired) electrons. The van der Waals surface area contributed by atoms with Gasteiger partial charge in [-0.05, 0) is 30.5 Å². The van der Waals surface area contributed by atoms with Gasteiger partial charge in [0.05, 0.1) is 21.3 Å². The molecule has 0 saturated carbocycles. The molecule has 1 N–H and O–H groups in total. The lowest BCUT2D eigenvalue weighted by atomic mass is 10.1. The van der Waals surface area contributed by atoms with E-state index >= 15 is 0 Å². The fourth-order valence-electron chi connectivity index (χ4n) is 2.27. The van der Waals surface area contributed by atoms with Gasteiger partial charge in [0.2, 0.25) is 0 Å². The number of anilines is 1. The molecule has 0 spiro atoms. The number of esters is 1. The first kappa shape index (κ1) is 20.4. The zero-order valence-corrected chi connectivity index (χ0v) is 16.3. The molecule has 0 atom stereocenters. The molecule has 1 amide bonds. The molecule has 8 heteroatoms. The minimum absolute atomic E-state index is 0.132. The molecule has 27 heavy (non-hydrogen) atoms. The SMILES string of the molecule is COc1cc(OC)c(C(=O)OCC(=O)Nc2ccc(SC)cc2)cc1OC. The fourth-order valence-corrected chi connectivity index (χ4v) is 2.68. The third-order valence-electron chi connectivity index (χ3n) is 3.63. The predicted molar refractivity (Wildman–Crippen MR) is 103 cm³/mol. The number of amides is 1. The second-order valence-corrected chi connectivity index (χ2v) is 6.14. The number of ether oxygens (including phenoxy) is 4. The van der Waals surface area contributed by atoms with E-state index in [0.717, 1.165) is 4.90 Å². The van der Waals surface area contributed by atoms with E-state index in [2.05, 4.69) is 5.32 Å². The first-order chi connectivity index (χ1) is 13.0. The number of hydrogen-bond acceptors (Lipinski definition) is 7. The van der Waals surface area contributed by atoms with Crippen LogP contribution < -0.4 is 19.5 Å². The number of rotatable bonds is 8. The van der Waals surface area contributed by atoms with Crippen LogP contribution in [0.3, 0.4) is 0 Å². The van der Waals surface area contributed by atoms with Crippen LogP contribution in [0.2, 0.25) is 0 Å². The van der Waals surface area contributed by atoms with Crippen molar-refractivity contribution < 1.29 is 28.5 Å². The third kappa shape index (κ3) is 5.30. The van der Waals surface area contributed by atoms with Gasteiger partial charge in [0.25, 0.3) is 5.91 Å². The summed E-state index contributed by atoms with van der Waals surface area (Å²) in [7, 11) is 4.35. The van der Waals surface area contributed by atoms with Crippen LogP contribution >= 0.6 is 11.8 Å². The largest absolute Gasteiger partial charge is 0.496 e. The molecule has 0 fully saturated rings. The maximum Gasteiger partial charge on any atom is 0.342 e. The molecule has 2 aromatic rings. The zero-order chi connectivity index (χ0) is 19.8. The Kier molecular flexibility index (Phi) is 7.36. The third-order valence-corrected chi connectivity index (χ3v) is 4.38. The van der Waals surface area contributed by atoms with Gasteiger partial charge in [-0.3, -0.25) is 4.79 Å². The quantitative estimate of drug-likeness (QED) is 0.546. The average Bonchev–Trinajstić information content (AvgIpc) is 2.71. The summed E-state index contributed by atoms with van der Waals surface area (Å²) in [5.74, 6) is -0.132. The Morgan fingerprint density at radius 1 is 0.926 bits per heavy atom. The Morgan fingerprint density at radius 3 is 2.07 bits per heavy atom. The smallest absolute Gasteiger partial charge is 0.342 e. The summed E-state index contributed by atoms with van der Waals surface area (Å²) >= 11 is 1.60. The molecule has 0 aliphatic heterocycles. The lowest BCUT2D eigenvalue weighted by Crippen LogP contribution is -2.21. The van der Waals surface area contributed by atoms with Crippen molar-refractivity contribution in [1.29, 1.82) is 0 Å². The van der Waals surface area contributed by atoms with Gasteiger partial charge in [0.15, 0.2) is 18.1 Å². The minimum Gasteiger partial charge on any atom is -0.496 e. The molecule has 2 rings (SSSR count). The number of carbonyl (C=O) groups is 2. The van der Waals surface area contributed by atoms with E-state index in [1.54, 1.807) is 23.9 Å². The molecule has 7 nitrogen and oxygen atoms in total. The van der Waals surface area contributed by atoms with Crippen LogP contribution in [0.1, 0.15) is 10.4 Å². The molecule has 0 aliphatic rings. The van der Waals surface area contributed by atoms with Crippen molar-refractivity contribution in [2.45, 2.75) is 4.90 Å². The molecule has 2 aromatic carbocycles. The average molecular weight is 391 g/mol. The van der Waals surface area contributed by atoms with E-state index in [0.29, 0.717) is 17.2 Å². The predicted octanol–water partition coefficient (Wildman–Crippen LogP) is 3.23. The summed E-state index contributed by atoms with van der Waals surface area (Å²) < 4.78 is 20.6. The second-order valence-electron chi connectivity index (χ2n) is 5.26. The molecular weight excluding hydrogens is 370 g/mol. The van der Waals surface area contributed by atoms with Crippen molar-refractivity contribution in [2.24, 2.45) is 0 Å². The lowest BCUT2D eigenvalue weighted by Gasteiger charge is -2.13. The minimum atomic E-state index is -0.708.